The molecular formula is C11H17ClN2O. The van der Waals surface area contributed by atoms with Gasteiger partial charge in [0.25, 0.3) is 0 Å². The lowest BCUT2D eigenvalue weighted by Crippen LogP contribution is -2.17. The topological polar surface area (TPSA) is 38.0 Å². The molecule has 2 rings (SSSR count). The average Bonchev–Trinajstić information content (AvgIpc) is 2.53. The number of rotatable bonds is 4. The van der Waals surface area contributed by atoms with E-state index < -0.39 is 6.10 Å². The molecule has 1 aromatic rings. The van der Waals surface area contributed by atoms with Gasteiger partial charge in [-0.1, -0.05) is 30.9 Å². The van der Waals surface area contributed by atoms with Crippen molar-refractivity contribution in [2.24, 2.45) is 5.92 Å². The number of hydrogen-bond donors (Lipinski definition) is 1. The van der Waals surface area contributed by atoms with Gasteiger partial charge in [-0.05, 0) is 19.3 Å². The highest BCUT2D eigenvalue weighted by atomic mass is 35.5. The summed E-state index contributed by atoms with van der Waals surface area (Å²) in [7, 11) is 0. The first-order valence-electron chi connectivity index (χ1n) is 5.61. The Morgan fingerprint density at radius 2 is 2.40 bits per heavy atom. The van der Waals surface area contributed by atoms with E-state index in [1.54, 1.807) is 10.9 Å². The molecule has 0 bridgehead atoms. The Kier molecular flexibility index (Phi) is 3.32. The maximum Gasteiger partial charge on any atom is 0.0974 e. The van der Waals surface area contributed by atoms with Gasteiger partial charge >= 0.3 is 0 Å². The van der Waals surface area contributed by atoms with E-state index in [-0.39, 0.29) is 0 Å². The predicted molar refractivity (Wildman–Crippen MR) is 59.8 cm³/mol. The molecule has 3 nitrogen and oxygen atoms in total. The minimum atomic E-state index is -0.453. The molecule has 0 amide bonds. The molecule has 1 aliphatic carbocycles. The molecule has 1 atom stereocenters. The van der Waals surface area contributed by atoms with E-state index in [0.717, 1.165) is 18.7 Å². The van der Waals surface area contributed by atoms with Gasteiger partial charge in [0.2, 0.25) is 0 Å². The molecule has 4 heteroatoms. The summed E-state index contributed by atoms with van der Waals surface area (Å²) in [6.07, 6.45) is 5.78. The summed E-state index contributed by atoms with van der Waals surface area (Å²) in [5, 5.41) is 14.8. The van der Waals surface area contributed by atoms with Crippen LogP contribution in [0.15, 0.2) is 6.20 Å². The summed E-state index contributed by atoms with van der Waals surface area (Å²) >= 11 is 6.02. The van der Waals surface area contributed by atoms with Crippen LogP contribution in [0.1, 0.15) is 44.4 Å². The van der Waals surface area contributed by atoms with Gasteiger partial charge in [-0.15, -0.1) is 0 Å². The summed E-state index contributed by atoms with van der Waals surface area (Å²) in [6.45, 7) is 2.76. The molecule has 1 heterocycles. The fourth-order valence-electron chi connectivity index (χ4n) is 2.11. The van der Waals surface area contributed by atoms with Crippen LogP contribution in [0.25, 0.3) is 0 Å². The number of halogens is 1. The molecule has 1 aromatic heterocycles. The van der Waals surface area contributed by atoms with Crippen molar-refractivity contribution >= 4 is 11.6 Å². The molecule has 0 radical (unpaired) electrons. The first kappa shape index (κ1) is 11.0. The summed E-state index contributed by atoms with van der Waals surface area (Å²) in [4.78, 5) is 0. The minimum Gasteiger partial charge on any atom is -0.387 e. The Labute approximate surface area is 95.0 Å². The Bertz CT molecular complexity index is 333. The van der Waals surface area contributed by atoms with Crippen LogP contribution in [0.2, 0.25) is 5.02 Å². The van der Waals surface area contributed by atoms with Gasteiger partial charge in [-0.2, -0.15) is 5.10 Å². The van der Waals surface area contributed by atoms with Gasteiger partial charge < -0.3 is 5.11 Å². The standard InChI is InChI=1S/C11H17ClN2O/c1-2-14-11(9(12)7-13-14)10(15)6-8-4-3-5-8/h7-8,10,15H,2-6H2,1H3. The molecule has 1 saturated carbocycles. The van der Waals surface area contributed by atoms with Crippen LogP contribution in [0.3, 0.4) is 0 Å². The van der Waals surface area contributed by atoms with E-state index in [0.29, 0.717) is 10.9 Å². The van der Waals surface area contributed by atoms with Crippen LogP contribution < -0.4 is 0 Å². The highest BCUT2D eigenvalue weighted by Crippen LogP contribution is 2.36. The van der Waals surface area contributed by atoms with E-state index in [2.05, 4.69) is 5.10 Å². The molecule has 0 saturated heterocycles. The van der Waals surface area contributed by atoms with Gasteiger partial charge in [0.05, 0.1) is 23.0 Å². The molecule has 1 fully saturated rings. The summed E-state index contributed by atoms with van der Waals surface area (Å²) in [6, 6.07) is 0. The van der Waals surface area contributed by atoms with Crippen LogP contribution in [-0.2, 0) is 6.54 Å². The van der Waals surface area contributed by atoms with Gasteiger partial charge in [-0.3, -0.25) is 4.68 Å². The first-order valence-corrected chi connectivity index (χ1v) is 5.99. The van der Waals surface area contributed by atoms with Gasteiger partial charge in [-0.25, -0.2) is 0 Å². The van der Waals surface area contributed by atoms with Crippen LogP contribution in [0.5, 0.6) is 0 Å². The second-order valence-electron chi connectivity index (χ2n) is 4.24. The highest BCUT2D eigenvalue weighted by molar-refractivity contribution is 6.31. The van der Waals surface area contributed by atoms with Crippen molar-refractivity contribution in [2.45, 2.75) is 45.3 Å². The minimum absolute atomic E-state index is 0.453. The van der Waals surface area contributed by atoms with Crippen molar-refractivity contribution < 1.29 is 5.11 Å². The van der Waals surface area contributed by atoms with Crippen molar-refractivity contribution in [1.82, 2.24) is 9.78 Å². The van der Waals surface area contributed by atoms with Crippen molar-refractivity contribution in [3.63, 3.8) is 0 Å². The van der Waals surface area contributed by atoms with E-state index in [4.69, 9.17) is 11.6 Å². The quantitative estimate of drug-likeness (QED) is 0.861. The Morgan fingerprint density at radius 1 is 1.67 bits per heavy atom. The number of aryl methyl sites for hydroxylation is 1. The highest BCUT2D eigenvalue weighted by Gasteiger charge is 2.25. The van der Waals surface area contributed by atoms with E-state index >= 15 is 0 Å². The van der Waals surface area contributed by atoms with Crippen molar-refractivity contribution in [1.29, 1.82) is 0 Å². The van der Waals surface area contributed by atoms with Crippen molar-refractivity contribution in [3.8, 4) is 0 Å². The summed E-state index contributed by atoms with van der Waals surface area (Å²) in [5.74, 6) is 0.677. The van der Waals surface area contributed by atoms with Crippen LogP contribution in [0, 0.1) is 5.92 Å². The summed E-state index contributed by atoms with van der Waals surface area (Å²) < 4.78 is 1.78. The molecule has 84 valence electrons. The van der Waals surface area contributed by atoms with Gasteiger partial charge in [0.15, 0.2) is 0 Å². The number of hydrogen-bond acceptors (Lipinski definition) is 2. The summed E-state index contributed by atoms with van der Waals surface area (Å²) in [5.41, 5.74) is 0.783. The normalized spacial score (nSPS) is 18.9. The molecule has 15 heavy (non-hydrogen) atoms. The third-order valence-corrected chi connectivity index (χ3v) is 3.52. The van der Waals surface area contributed by atoms with Crippen molar-refractivity contribution in [2.75, 3.05) is 0 Å². The fourth-order valence-corrected chi connectivity index (χ4v) is 2.38. The number of nitrogens with zero attached hydrogens (tertiary/aromatic N) is 2. The third kappa shape index (κ3) is 2.18. The largest absolute Gasteiger partial charge is 0.387 e. The smallest absolute Gasteiger partial charge is 0.0974 e. The van der Waals surface area contributed by atoms with E-state index in [1.807, 2.05) is 6.92 Å². The van der Waals surface area contributed by atoms with E-state index in [9.17, 15) is 5.11 Å². The zero-order valence-corrected chi connectivity index (χ0v) is 9.74. The van der Waals surface area contributed by atoms with Crippen molar-refractivity contribution in [3.05, 3.63) is 16.9 Å². The first-order chi connectivity index (χ1) is 7.22. The van der Waals surface area contributed by atoms with E-state index in [1.165, 1.54) is 19.3 Å². The monoisotopic (exact) mass is 228 g/mol. The maximum absolute atomic E-state index is 10.1. The number of aromatic nitrogens is 2. The zero-order valence-electron chi connectivity index (χ0n) is 8.99. The Balaban J connectivity index is 2.08. The molecule has 1 N–H and O–H groups in total. The second-order valence-corrected chi connectivity index (χ2v) is 4.65. The second kappa shape index (κ2) is 4.54. The SMILES string of the molecule is CCn1ncc(Cl)c1C(O)CC1CCC1. The lowest BCUT2D eigenvalue weighted by molar-refractivity contribution is 0.110. The average molecular weight is 229 g/mol. The number of aliphatic hydroxyl groups is 1. The lowest BCUT2D eigenvalue weighted by atomic mass is 9.81. The lowest BCUT2D eigenvalue weighted by Gasteiger charge is -2.27. The zero-order chi connectivity index (χ0) is 10.8. The molecule has 0 aliphatic heterocycles. The third-order valence-electron chi connectivity index (χ3n) is 3.23. The molecule has 1 unspecified atom stereocenters. The fraction of sp³-hybridized carbons (Fsp3) is 0.727. The van der Waals surface area contributed by atoms with Crippen LogP contribution >= 0.6 is 11.6 Å². The van der Waals surface area contributed by atoms with Crippen LogP contribution in [0.4, 0.5) is 0 Å². The molecule has 0 aromatic carbocycles. The number of aliphatic hydroxyl groups excluding tert-OH is 1. The molecule has 0 spiro atoms. The van der Waals surface area contributed by atoms with Gasteiger partial charge in [0.1, 0.15) is 0 Å². The Morgan fingerprint density at radius 3 is 2.93 bits per heavy atom. The van der Waals surface area contributed by atoms with Crippen LogP contribution in [-0.4, -0.2) is 14.9 Å². The predicted octanol–water partition coefficient (Wildman–Crippen LogP) is 2.78. The van der Waals surface area contributed by atoms with Gasteiger partial charge in [0, 0.05) is 6.54 Å². The maximum atomic E-state index is 10.1. The molecule has 1 aliphatic rings. The molecular weight excluding hydrogens is 212 g/mol. The Hall–Kier alpha value is -0.540.